The van der Waals surface area contributed by atoms with Gasteiger partial charge in [-0.05, 0) is 80.4 Å². The molecule has 0 saturated carbocycles. The van der Waals surface area contributed by atoms with Crippen molar-refractivity contribution in [3.05, 3.63) is 168 Å². The van der Waals surface area contributed by atoms with Crippen LogP contribution < -0.4 is 0 Å². The third-order valence-corrected chi connectivity index (χ3v) is 10.6. The van der Waals surface area contributed by atoms with Crippen molar-refractivity contribution in [2.24, 2.45) is 0 Å². The summed E-state index contributed by atoms with van der Waals surface area (Å²) in [6, 6.07) is 31.7. The number of nitrogens with zero attached hydrogens (tertiary/aromatic N) is 3. The first-order chi connectivity index (χ1) is 30.9. The molecule has 5 heteroatoms. The minimum atomic E-state index is -0.607. The zero-order valence-electron chi connectivity index (χ0n) is 42.8. The molecular formula is C54H52N3OPt-. The molecule has 0 spiro atoms. The molecule has 0 aliphatic carbocycles. The summed E-state index contributed by atoms with van der Waals surface area (Å²) < 4.78 is 71.3. The summed E-state index contributed by atoms with van der Waals surface area (Å²) in [5.41, 5.74) is 8.30. The number of aromatic hydroxyl groups is 1. The summed E-state index contributed by atoms with van der Waals surface area (Å²) in [6.07, 6.45) is -0.520. The zero-order valence-corrected chi connectivity index (χ0v) is 37.1. The van der Waals surface area contributed by atoms with E-state index >= 15 is 0 Å². The fourth-order valence-corrected chi connectivity index (χ4v) is 7.20. The maximum atomic E-state index is 11.5. The Morgan fingerprint density at radius 1 is 0.593 bits per heavy atom. The molecule has 0 atom stereocenters. The van der Waals surface area contributed by atoms with E-state index in [1.54, 1.807) is 12.1 Å². The summed E-state index contributed by atoms with van der Waals surface area (Å²) in [6.45, 7) is 19.3. The minimum absolute atomic E-state index is 0. The standard InChI is InChI=1S/C54H52N3O.Pt/c1-52(2,3)40-24-22-36(23-25-40)45-34-41(53(4,5)6)26-27-47(45)57-48-20-15-19-43(50(48)56-51(57)44-18-13-14-21-49(44)58)38-30-39(32-42(31-38)54(7,8)9)46-33-37(28-29-55-46)35-16-11-10-12-17-35;/h10-29,31-34,58H,1-9H3;/q-1;/i10D,11D,12D,16D,17D,28D,29D,33D;. The maximum absolute atomic E-state index is 11.5. The van der Waals surface area contributed by atoms with Crippen molar-refractivity contribution in [1.82, 2.24) is 14.5 Å². The summed E-state index contributed by atoms with van der Waals surface area (Å²) in [4.78, 5) is 9.79. The molecule has 6 aromatic carbocycles. The minimum Gasteiger partial charge on any atom is -0.507 e. The number of para-hydroxylation sites is 2. The first-order valence-corrected chi connectivity index (χ1v) is 19.6. The molecule has 300 valence electrons. The van der Waals surface area contributed by atoms with Crippen LogP contribution >= 0.6 is 0 Å². The number of benzene rings is 6. The molecule has 0 radical (unpaired) electrons. The molecule has 2 aromatic heterocycles. The number of aromatic nitrogens is 3. The summed E-state index contributed by atoms with van der Waals surface area (Å²) in [7, 11) is 0. The number of phenolic OH excluding ortho intramolecular Hbond substituents is 1. The van der Waals surface area contributed by atoms with Gasteiger partial charge in [0.15, 0.2) is 0 Å². The number of rotatable bonds is 6. The molecule has 1 N–H and O–H groups in total. The van der Waals surface area contributed by atoms with Gasteiger partial charge in [0.2, 0.25) is 0 Å². The molecule has 4 nitrogen and oxygen atoms in total. The molecule has 0 bridgehead atoms. The number of hydrogen-bond donors (Lipinski definition) is 1. The number of hydrogen-bond acceptors (Lipinski definition) is 3. The van der Waals surface area contributed by atoms with Gasteiger partial charge in [0.25, 0.3) is 0 Å². The molecule has 8 aromatic rings. The van der Waals surface area contributed by atoms with E-state index < -0.39 is 47.8 Å². The third-order valence-electron chi connectivity index (χ3n) is 10.6. The van der Waals surface area contributed by atoms with Crippen LogP contribution in [0.15, 0.2) is 146 Å². The SMILES string of the molecule is [2H]c1nc(-c2[c-]c(-c3cccc4c3nc(-c3ccccc3O)n4-c3ccc(C(C)(C)C)cc3-c3ccc(C(C)(C)C)cc3)cc(C(C)(C)C)c2)c([2H])c(-c2c([2H])c([2H])c([2H])c([2H])c2[2H])c1[2H].[Pt]. The Balaban J connectivity index is 0.00000666. The van der Waals surface area contributed by atoms with Crippen molar-refractivity contribution in [3.63, 3.8) is 0 Å². The Bertz CT molecular complexity index is 3220. The molecule has 59 heavy (non-hydrogen) atoms. The molecule has 0 saturated heterocycles. The number of imidazole rings is 1. The van der Waals surface area contributed by atoms with Gasteiger partial charge in [-0.3, -0.25) is 9.55 Å². The number of fused-ring (bicyclic) bond motifs is 1. The molecule has 0 unspecified atom stereocenters. The van der Waals surface area contributed by atoms with E-state index in [9.17, 15) is 6.48 Å². The number of phenols is 1. The van der Waals surface area contributed by atoms with Gasteiger partial charge in [-0.25, -0.2) is 4.98 Å². The van der Waals surface area contributed by atoms with Crippen LogP contribution in [0.2, 0.25) is 0 Å². The first kappa shape index (κ1) is 32.3. The van der Waals surface area contributed by atoms with Crippen LogP contribution in [0.25, 0.3) is 72.7 Å². The average Bonchev–Trinajstić information content (AvgIpc) is 3.65. The van der Waals surface area contributed by atoms with Crippen molar-refractivity contribution in [2.45, 2.75) is 78.6 Å². The summed E-state index contributed by atoms with van der Waals surface area (Å²) in [5.74, 6) is 0.580. The fraction of sp³-hybridized carbons (Fsp3) is 0.222. The van der Waals surface area contributed by atoms with Gasteiger partial charge in [0.05, 0.1) is 33.3 Å². The summed E-state index contributed by atoms with van der Waals surface area (Å²) in [5, 5.41) is 11.5. The van der Waals surface area contributed by atoms with Crippen LogP contribution in [0.4, 0.5) is 0 Å². The van der Waals surface area contributed by atoms with Gasteiger partial charge in [0.1, 0.15) is 11.6 Å². The second-order valence-electron chi connectivity index (χ2n) is 17.9. The van der Waals surface area contributed by atoms with E-state index in [4.69, 9.17) is 14.6 Å². The van der Waals surface area contributed by atoms with E-state index in [2.05, 4.69) is 99.6 Å². The Morgan fingerprint density at radius 2 is 1.24 bits per heavy atom. The van der Waals surface area contributed by atoms with E-state index in [-0.39, 0.29) is 60.5 Å². The van der Waals surface area contributed by atoms with Crippen LogP contribution in [0, 0.1) is 6.07 Å². The van der Waals surface area contributed by atoms with E-state index in [0.717, 1.165) is 33.5 Å². The fourth-order valence-electron chi connectivity index (χ4n) is 7.20. The predicted molar refractivity (Wildman–Crippen MR) is 243 cm³/mol. The molecule has 2 heterocycles. The predicted octanol–water partition coefficient (Wildman–Crippen LogP) is 14.2. The third kappa shape index (κ3) is 8.34. The molecule has 0 amide bonds. The summed E-state index contributed by atoms with van der Waals surface area (Å²) >= 11 is 0. The molecule has 0 fully saturated rings. The Labute approximate surface area is 375 Å². The second-order valence-corrected chi connectivity index (χ2v) is 17.9. The van der Waals surface area contributed by atoms with Gasteiger partial charge in [0, 0.05) is 38.5 Å². The van der Waals surface area contributed by atoms with Crippen LogP contribution in [-0.4, -0.2) is 19.6 Å². The zero-order chi connectivity index (χ0) is 47.9. The first-order valence-electron chi connectivity index (χ1n) is 23.6. The van der Waals surface area contributed by atoms with Gasteiger partial charge in [-0.15, -0.1) is 29.3 Å². The van der Waals surface area contributed by atoms with Crippen molar-refractivity contribution in [1.29, 1.82) is 0 Å². The smallest absolute Gasteiger partial charge is 0.148 e. The Hall–Kier alpha value is -5.57. The molecular weight excluding hydrogens is 902 g/mol. The van der Waals surface area contributed by atoms with Gasteiger partial charge >= 0.3 is 0 Å². The van der Waals surface area contributed by atoms with Crippen LogP contribution in [0.5, 0.6) is 5.75 Å². The van der Waals surface area contributed by atoms with Crippen molar-refractivity contribution < 1.29 is 37.1 Å². The monoisotopic (exact) mass is 961 g/mol. The normalized spacial score (nSPS) is 14.0. The molecule has 8 rings (SSSR count). The van der Waals surface area contributed by atoms with Crippen LogP contribution in [0.1, 0.15) is 90.0 Å². The topological polar surface area (TPSA) is 50.9 Å². The van der Waals surface area contributed by atoms with Gasteiger partial charge in [-0.2, -0.15) is 0 Å². The quantitative estimate of drug-likeness (QED) is 0.169. The average molecular weight is 962 g/mol. The van der Waals surface area contributed by atoms with E-state index in [1.165, 1.54) is 5.56 Å². The Morgan fingerprint density at radius 3 is 1.92 bits per heavy atom. The molecule has 0 aliphatic heterocycles. The van der Waals surface area contributed by atoms with Crippen molar-refractivity contribution >= 4 is 11.0 Å². The molecule has 0 aliphatic rings. The van der Waals surface area contributed by atoms with Crippen LogP contribution in [-0.2, 0) is 37.3 Å². The van der Waals surface area contributed by atoms with Crippen molar-refractivity contribution in [3.8, 4) is 67.5 Å². The van der Waals surface area contributed by atoms with Crippen LogP contribution in [0.3, 0.4) is 0 Å². The van der Waals surface area contributed by atoms with Crippen molar-refractivity contribution in [2.75, 3.05) is 0 Å². The number of pyridine rings is 1. The Kier molecular flexibility index (Phi) is 8.70. The van der Waals surface area contributed by atoms with E-state index in [1.807, 2.05) is 63.2 Å². The second kappa shape index (κ2) is 15.9. The van der Waals surface area contributed by atoms with Gasteiger partial charge in [-0.1, -0.05) is 164 Å². The largest absolute Gasteiger partial charge is 0.507 e. The van der Waals surface area contributed by atoms with Gasteiger partial charge < -0.3 is 5.11 Å². The van der Waals surface area contributed by atoms with E-state index in [0.29, 0.717) is 33.6 Å². The maximum Gasteiger partial charge on any atom is 0.148 e.